The average molecular weight is 306 g/mol. The minimum absolute atomic E-state index is 0.0169. The minimum Gasteiger partial charge on any atom is -0.476 e. The molecule has 0 aliphatic carbocycles. The lowest BCUT2D eigenvalue weighted by atomic mass is 10.3. The van der Waals surface area contributed by atoms with Crippen molar-refractivity contribution in [3.05, 3.63) is 40.6 Å². The topological polar surface area (TPSA) is 95.4 Å². The van der Waals surface area contributed by atoms with E-state index < -0.39 is 5.97 Å². The molecule has 21 heavy (non-hydrogen) atoms. The summed E-state index contributed by atoms with van der Waals surface area (Å²) >= 11 is 1.20. The molecule has 0 aliphatic heterocycles. The molecule has 0 spiro atoms. The summed E-state index contributed by atoms with van der Waals surface area (Å²) < 4.78 is 0. The maximum absolute atomic E-state index is 12.1. The van der Waals surface area contributed by atoms with Crippen molar-refractivity contribution in [1.29, 1.82) is 0 Å². The number of hydrogen-bond donors (Lipinski definition) is 2. The number of aromatic carboxylic acids is 1. The van der Waals surface area contributed by atoms with Crippen molar-refractivity contribution in [1.82, 2.24) is 15.3 Å². The predicted molar refractivity (Wildman–Crippen MR) is 78.7 cm³/mol. The van der Waals surface area contributed by atoms with Gasteiger partial charge in [-0.25, -0.2) is 14.6 Å². The van der Waals surface area contributed by atoms with Crippen molar-refractivity contribution >= 4 is 29.0 Å². The summed E-state index contributed by atoms with van der Waals surface area (Å²) in [7, 11) is 1.63. The summed E-state index contributed by atoms with van der Waals surface area (Å²) in [6, 6.07) is 2.81. The predicted octanol–water partition coefficient (Wildman–Crippen LogP) is 2.14. The van der Waals surface area contributed by atoms with Crippen LogP contribution in [0.5, 0.6) is 0 Å². The van der Waals surface area contributed by atoms with Gasteiger partial charge in [0.2, 0.25) is 0 Å². The second kappa shape index (κ2) is 6.31. The van der Waals surface area contributed by atoms with Gasteiger partial charge >= 0.3 is 12.0 Å². The highest BCUT2D eigenvalue weighted by Gasteiger charge is 2.18. The molecule has 110 valence electrons. The zero-order valence-electron chi connectivity index (χ0n) is 11.5. The van der Waals surface area contributed by atoms with Gasteiger partial charge in [-0.1, -0.05) is 0 Å². The monoisotopic (exact) mass is 306 g/mol. The summed E-state index contributed by atoms with van der Waals surface area (Å²) in [6.07, 6.45) is 3.21. The van der Waals surface area contributed by atoms with E-state index in [1.54, 1.807) is 38.5 Å². The molecular weight excluding hydrogens is 292 g/mol. The largest absolute Gasteiger partial charge is 0.476 e. The van der Waals surface area contributed by atoms with E-state index in [9.17, 15) is 9.59 Å². The Morgan fingerprint density at radius 3 is 2.81 bits per heavy atom. The molecule has 2 aromatic rings. The molecule has 0 radical (unpaired) electrons. The number of aromatic nitrogens is 2. The van der Waals surface area contributed by atoms with Crippen molar-refractivity contribution in [2.45, 2.75) is 13.0 Å². The number of anilines is 1. The molecule has 1 atom stereocenters. The van der Waals surface area contributed by atoms with Crippen molar-refractivity contribution in [2.24, 2.45) is 0 Å². The van der Waals surface area contributed by atoms with Gasteiger partial charge in [-0.2, -0.15) is 0 Å². The van der Waals surface area contributed by atoms with Gasteiger partial charge in [0.05, 0.1) is 17.9 Å². The number of urea groups is 1. The first kappa shape index (κ1) is 14.9. The van der Waals surface area contributed by atoms with Crippen LogP contribution in [0.4, 0.5) is 10.5 Å². The Morgan fingerprint density at radius 1 is 1.48 bits per heavy atom. The van der Waals surface area contributed by atoms with Crippen molar-refractivity contribution < 1.29 is 14.7 Å². The fraction of sp³-hybridized carbons (Fsp3) is 0.231. The lowest BCUT2D eigenvalue weighted by Crippen LogP contribution is -2.38. The van der Waals surface area contributed by atoms with Gasteiger partial charge in [-0.15, -0.1) is 11.3 Å². The summed E-state index contributed by atoms with van der Waals surface area (Å²) in [4.78, 5) is 32.3. The molecule has 2 amide bonds. The first-order valence-corrected chi connectivity index (χ1v) is 7.00. The highest BCUT2D eigenvalue weighted by molar-refractivity contribution is 7.09. The smallest absolute Gasteiger partial charge is 0.355 e. The molecule has 0 saturated heterocycles. The van der Waals surface area contributed by atoms with E-state index >= 15 is 0 Å². The average Bonchev–Trinajstić information content (AvgIpc) is 2.97. The SMILES string of the molecule is CC(NC(=O)N(C)c1cccnc1)c1nc(C(=O)O)cs1. The number of carbonyl (C=O) groups is 2. The summed E-state index contributed by atoms with van der Waals surface area (Å²) in [5, 5.41) is 13.6. The molecule has 0 aliphatic rings. The molecular formula is C13H14N4O3S. The molecule has 8 heteroatoms. The van der Waals surface area contributed by atoms with Crippen LogP contribution in [0.15, 0.2) is 29.9 Å². The lowest BCUT2D eigenvalue weighted by Gasteiger charge is -2.20. The van der Waals surface area contributed by atoms with E-state index in [2.05, 4.69) is 15.3 Å². The van der Waals surface area contributed by atoms with E-state index in [4.69, 9.17) is 5.11 Å². The van der Waals surface area contributed by atoms with Crippen LogP contribution in [0.1, 0.15) is 28.5 Å². The molecule has 7 nitrogen and oxygen atoms in total. The van der Waals surface area contributed by atoms with Gasteiger partial charge in [-0.05, 0) is 19.1 Å². The number of nitrogens with one attached hydrogen (secondary N) is 1. The third kappa shape index (κ3) is 3.54. The number of amides is 2. The van der Waals surface area contributed by atoms with Crippen LogP contribution >= 0.6 is 11.3 Å². The molecule has 2 heterocycles. The fourth-order valence-electron chi connectivity index (χ4n) is 1.60. The first-order valence-electron chi connectivity index (χ1n) is 6.12. The van der Waals surface area contributed by atoms with Crippen molar-refractivity contribution in [2.75, 3.05) is 11.9 Å². The Morgan fingerprint density at radius 2 is 2.24 bits per heavy atom. The zero-order chi connectivity index (χ0) is 15.4. The maximum Gasteiger partial charge on any atom is 0.355 e. The zero-order valence-corrected chi connectivity index (χ0v) is 12.3. The number of rotatable bonds is 4. The summed E-state index contributed by atoms with van der Waals surface area (Å²) in [5.41, 5.74) is 0.643. The highest BCUT2D eigenvalue weighted by atomic mass is 32.1. The van der Waals surface area contributed by atoms with Gasteiger partial charge < -0.3 is 10.4 Å². The Labute approximate surface area is 125 Å². The maximum atomic E-state index is 12.1. The number of nitrogens with zero attached hydrogens (tertiary/aromatic N) is 3. The molecule has 2 rings (SSSR count). The van der Waals surface area contributed by atoms with E-state index in [1.165, 1.54) is 21.6 Å². The Hall–Kier alpha value is -2.48. The Kier molecular flexibility index (Phi) is 4.49. The number of thiazole rings is 1. The number of pyridine rings is 1. The number of carboxylic acid groups (broad SMARTS) is 1. The van der Waals surface area contributed by atoms with Crippen molar-refractivity contribution in [3.63, 3.8) is 0 Å². The van der Waals surface area contributed by atoms with Gasteiger partial charge in [0.25, 0.3) is 0 Å². The molecule has 0 bridgehead atoms. The number of hydrogen-bond acceptors (Lipinski definition) is 5. The van der Waals surface area contributed by atoms with E-state index in [1.807, 2.05) is 0 Å². The first-order chi connectivity index (χ1) is 9.99. The summed E-state index contributed by atoms with van der Waals surface area (Å²) in [5.74, 6) is -1.08. The molecule has 0 saturated carbocycles. The normalized spacial score (nSPS) is 11.7. The minimum atomic E-state index is -1.08. The quantitative estimate of drug-likeness (QED) is 0.902. The third-order valence-corrected chi connectivity index (χ3v) is 3.82. The van der Waals surface area contributed by atoms with Crippen LogP contribution < -0.4 is 10.2 Å². The standard InChI is InChI=1S/C13H14N4O3S/c1-8(11-16-10(7-21-11)12(18)19)15-13(20)17(2)9-4-3-5-14-6-9/h3-8H,1-2H3,(H,15,20)(H,18,19). The second-order valence-electron chi connectivity index (χ2n) is 4.32. The molecule has 0 aromatic carbocycles. The summed E-state index contributed by atoms with van der Waals surface area (Å²) in [6.45, 7) is 1.75. The highest BCUT2D eigenvalue weighted by Crippen LogP contribution is 2.19. The number of carboxylic acids is 1. The van der Waals surface area contributed by atoms with Crippen LogP contribution in [0.3, 0.4) is 0 Å². The lowest BCUT2D eigenvalue weighted by molar-refractivity contribution is 0.0691. The van der Waals surface area contributed by atoms with Crippen molar-refractivity contribution in [3.8, 4) is 0 Å². The van der Waals surface area contributed by atoms with Crippen LogP contribution in [0, 0.1) is 0 Å². The van der Waals surface area contributed by atoms with Gasteiger partial charge in [0, 0.05) is 18.6 Å². The fourth-order valence-corrected chi connectivity index (χ4v) is 2.40. The van der Waals surface area contributed by atoms with E-state index in [-0.39, 0.29) is 17.8 Å². The number of carbonyl (C=O) groups excluding carboxylic acids is 1. The van der Waals surface area contributed by atoms with Gasteiger partial charge in [0.1, 0.15) is 5.01 Å². The second-order valence-corrected chi connectivity index (χ2v) is 5.21. The van der Waals surface area contributed by atoms with Crippen LogP contribution in [-0.4, -0.2) is 34.1 Å². The molecule has 1 unspecified atom stereocenters. The van der Waals surface area contributed by atoms with Crippen LogP contribution in [0.25, 0.3) is 0 Å². The Balaban J connectivity index is 2.03. The molecule has 0 fully saturated rings. The van der Waals surface area contributed by atoms with Gasteiger partial charge in [0.15, 0.2) is 5.69 Å². The van der Waals surface area contributed by atoms with E-state index in [0.717, 1.165) is 0 Å². The Bertz CT molecular complexity index is 644. The molecule has 2 N–H and O–H groups in total. The van der Waals surface area contributed by atoms with Gasteiger partial charge in [-0.3, -0.25) is 9.88 Å². The molecule has 2 aromatic heterocycles. The third-order valence-electron chi connectivity index (χ3n) is 2.79. The van der Waals surface area contributed by atoms with Crippen LogP contribution in [0.2, 0.25) is 0 Å². The van der Waals surface area contributed by atoms with E-state index in [0.29, 0.717) is 10.7 Å². The van der Waals surface area contributed by atoms with Crippen LogP contribution in [-0.2, 0) is 0 Å².